The predicted octanol–water partition coefficient (Wildman–Crippen LogP) is 1.63. The molecule has 1 aliphatic heterocycles. The quantitative estimate of drug-likeness (QED) is 0.796. The fraction of sp³-hybridized carbons (Fsp3) is 0.417. The van der Waals surface area contributed by atoms with Crippen molar-refractivity contribution in [2.45, 2.75) is 19.4 Å². The summed E-state index contributed by atoms with van der Waals surface area (Å²) in [4.78, 5) is 10.9. The zero-order valence-corrected chi connectivity index (χ0v) is 9.54. The molecule has 1 aromatic rings. The molecule has 86 valence electrons. The molecule has 1 heterocycles. The van der Waals surface area contributed by atoms with E-state index in [1.54, 1.807) is 7.11 Å². The number of hydrogen-bond donors (Lipinski definition) is 2. The zero-order valence-electron chi connectivity index (χ0n) is 9.54. The van der Waals surface area contributed by atoms with E-state index in [1.807, 2.05) is 18.2 Å². The molecule has 0 saturated heterocycles. The van der Waals surface area contributed by atoms with Crippen LogP contribution in [0.3, 0.4) is 0 Å². The van der Waals surface area contributed by atoms with E-state index in [9.17, 15) is 4.79 Å². The fourth-order valence-corrected chi connectivity index (χ4v) is 1.91. The number of nitrogens with one attached hydrogen (secondary N) is 2. The van der Waals surface area contributed by atoms with Crippen LogP contribution >= 0.6 is 0 Å². The molecule has 2 rings (SSSR count). The number of rotatable bonds is 2. The van der Waals surface area contributed by atoms with E-state index in [-0.39, 0.29) is 12.0 Å². The van der Waals surface area contributed by atoms with Gasteiger partial charge in [-0.1, -0.05) is 6.07 Å². The summed E-state index contributed by atoms with van der Waals surface area (Å²) < 4.78 is 5.31. The third kappa shape index (κ3) is 2.33. The Bertz CT molecular complexity index is 404. The monoisotopic (exact) mass is 220 g/mol. The molecule has 1 amide bonds. The summed E-state index contributed by atoms with van der Waals surface area (Å²) in [6, 6.07) is 5.90. The van der Waals surface area contributed by atoms with Gasteiger partial charge in [0.25, 0.3) is 0 Å². The lowest BCUT2D eigenvalue weighted by molar-refractivity contribution is -0.114. The van der Waals surface area contributed by atoms with Crippen molar-refractivity contribution in [3.8, 4) is 0 Å². The van der Waals surface area contributed by atoms with Gasteiger partial charge in [0.05, 0.1) is 6.10 Å². The van der Waals surface area contributed by atoms with Crippen molar-refractivity contribution in [1.29, 1.82) is 0 Å². The Hall–Kier alpha value is -1.55. The highest BCUT2D eigenvalue weighted by molar-refractivity contribution is 5.89. The van der Waals surface area contributed by atoms with Crippen LogP contribution in [0, 0.1) is 0 Å². The number of fused-ring (bicyclic) bond motifs is 1. The summed E-state index contributed by atoms with van der Waals surface area (Å²) in [5.74, 6) is -0.0504. The van der Waals surface area contributed by atoms with Crippen molar-refractivity contribution >= 4 is 17.3 Å². The highest BCUT2D eigenvalue weighted by Crippen LogP contribution is 2.26. The lowest BCUT2D eigenvalue weighted by Gasteiger charge is -2.25. The molecule has 0 bridgehead atoms. The van der Waals surface area contributed by atoms with Gasteiger partial charge in [-0.3, -0.25) is 4.79 Å². The van der Waals surface area contributed by atoms with E-state index in [2.05, 4.69) is 10.6 Å². The maximum atomic E-state index is 10.9. The first kappa shape index (κ1) is 11.0. The molecule has 0 aliphatic carbocycles. The summed E-state index contributed by atoms with van der Waals surface area (Å²) in [5, 5.41) is 6.07. The number of amides is 1. The smallest absolute Gasteiger partial charge is 0.221 e. The van der Waals surface area contributed by atoms with Crippen molar-refractivity contribution in [2.24, 2.45) is 0 Å². The second-order valence-corrected chi connectivity index (χ2v) is 4.00. The van der Waals surface area contributed by atoms with E-state index in [0.29, 0.717) is 0 Å². The number of anilines is 2. The van der Waals surface area contributed by atoms with Crippen LogP contribution in [0.25, 0.3) is 0 Å². The van der Waals surface area contributed by atoms with Crippen molar-refractivity contribution < 1.29 is 9.53 Å². The Labute approximate surface area is 95.0 Å². The average Bonchev–Trinajstić information content (AvgIpc) is 2.27. The first-order valence-electron chi connectivity index (χ1n) is 5.36. The molecule has 1 aromatic carbocycles. The molecule has 0 spiro atoms. The number of benzene rings is 1. The van der Waals surface area contributed by atoms with Gasteiger partial charge in [-0.25, -0.2) is 0 Å². The molecule has 0 fully saturated rings. The minimum Gasteiger partial charge on any atom is -0.382 e. The van der Waals surface area contributed by atoms with E-state index >= 15 is 0 Å². The van der Waals surface area contributed by atoms with Crippen LogP contribution in [0.5, 0.6) is 0 Å². The lowest BCUT2D eigenvalue weighted by Crippen LogP contribution is -2.29. The predicted molar refractivity (Wildman–Crippen MR) is 63.7 cm³/mol. The van der Waals surface area contributed by atoms with E-state index in [0.717, 1.165) is 24.3 Å². The van der Waals surface area contributed by atoms with Gasteiger partial charge in [0.2, 0.25) is 5.91 Å². The number of methoxy groups -OCH3 is 1. The molecule has 1 atom stereocenters. The topological polar surface area (TPSA) is 50.4 Å². The molecule has 4 nitrogen and oxygen atoms in total. The molecule has 0 radical (unpaired) electrons. The van der Waals surface area contributed by atoms with E-state index in [1.165, 1.54) is 12.5 Å². The molecule has 0 saturated carbocycles. The molecule has 1 aliphatic rings. The zero-order chi connectivity index (χ0) is 11.5. The summed E-state index contributed by atoms with van der Waals surface area (Å²) >= 11 is 0. The normalized spacial score (nSPS) is 18.5. The maximum absolute atomic E-state index is 10.9. The molecular formula is C12H16N2O2. The van der Waals surface area contributed by atoms with Crippen LogP contribution in [0.4, 0.5) is 11.4 Å². The Balaban J connectivity index is 2.18. The van der Waals surface area contributed by atoms with Gasteiger partial charge in [0, 0.05) is 38.4 Å². The second kappa shape index (κ2) is 4.53. The van der Waals surface area contributed by atoms with Crippen molar-refractivity contribution in [1.82, 2.24) is 0 Å². The average molecular weight is 220 g/mol. The second-order valence-electron chi connectivity index (χ2n) is 4.00. The third-order valence-electron chi connectivity index (χ3n) is 2.73. The van der Waals surface area contributed by atoms with Crippen LogP contribution in [0.1, 0.15) is 12.5 Å². The van der Waals surface area contributed by atoms with E-state index < -0.39 is 0 Å². The molecule has 2 N–H and O–H groups in total. The molecule has 0 aromatic heterocycles. The fourth-order valence-electron chi connectivity index (χ4n) is 1.91. The third-order valence-corrected chi connectivity index (χ3v) is 2.73. The minimum absolute atomic E-state index is 0.0504. The molecular weight excluding hydrogens is 204 g/mol. The highest BCUT2D eigenvalue weighted by atomic mass is 16.5. The Morgan fingerprint density at radius 3 is 3.06 bits per heavy atom. The van der Waals surface area contributed by atoms with Gasteiger partial charge in [0.1, 0.15) is 0 Å². The van der Waals surface area contributed by atoms with Gasteiger partial charge in [0.15, 0.2) is 0 Å². The SMILES string of the molecule is COC1CNc2cc(NC(C)=O)ccc2C1. The van der Waals surface area contributed by atoms with Gasteiger partial charge >= 0.3 is 0 Å². The number of carbonyl (C=O) groups excluding carboxylic acids is 1. The van der Waals surface area contributed by atoms with E-state index in [4.69, 9.17) is 4.74 Å². The van der Waals surface area contributed by atoms with Gasteiger partial charge in [-0.2, -0.15) is 0 Å². The lowest BCUT2D eigenvalue weighted by atomic mass is 10.0. The Morgan fingerprint density at radius 1 is 1.56 bits per heavy atom. The van der Waals surface area contributed by atoms with Crippen LogP contribution < -0.4 is 10.6 Å². The first-order chi connectivity index (χ1) is 7.69. The largest absolute Gasteiger partial charge is 0.382 e. The number of hydrogen-bond acceptors (Lipinski definition) is 3. The number of carbonyl (C=O) groups is 1. The van der Waals surface area contributed by atoms with Gasteiger partial charge < -0.3 is 15.4 Å². The maximum Gasteiger partial charge on any atom is 0.221 e. The van der Waals surface area contributed by atoms with Gasteiger partial charge in [-0.05, 0) is 17.7 Å². The standard InChI is InChI=1S/C12H16N2O2/c1-8(15)14-10-4-3-9-5-11(16-2)7-13-12(9)6-10/h3-4,6,11,13H,5,7H2,1-2H3,(H,14,15). The van der Waals surface area contributed by atoms with Crippen molar-refractivity contribution in [3.05, 3.63) is 23.8 Å². The summed E-state index contributed by atoms with van der Waals surface area (Å²) in [6.07, 6.45) is 1.15. The van der Waals surface area contributed by atoms with Crippen LogP contribution in [-0.2, 0) is 16.0 Å². The summed E-state index contributed by atoms with van der Waals surface area (Å²) in [6.45, 7) is 2.32. The number of ether oxygens (including phenoxy) is 1. The minimum atomic E-state index is -0.0504. The van der Waals surface area contributed by atoms with Crippen molar-refractivity contribution in [3.63, 3.8) is 0 Å². The van der Waals surface area contributed by atoms with Crippen molar-refractivity contribution in [2.75, 3.05) is 24.3 Å². The Morgan fingerprint density at radius 2 is 2.38 bits per heavy atom. The molecule has 1 unspecified atom stereocenters. The highest BCUT2D eigenvalue weighted by Gasteiger charge is 2.17. The van der Waals surface area contributed by atoms with Crippen LogP contribution in [0.15, 0.2) is 18.2 Å². The van der Waals surface area contributed by atoms with Gasteiger partial charge in [-0.15, -0.1) is 0 Å². The summed E-state index contributed by atoms with van der Waals surface area (Å²) in [7, 11) is 1.73. The Kier molecular flexibility index (Phi) is 3.10. The molecule has 4 heteroatoms. The van der Waals surface area contributed by atoms with Crippen LogP contribution in [0.2, 0.25) is 0 Å². The van der Waals surface area contributed by atoms with Crippen LogP contribution in [-0.4, -0.2) is 25.7 Å². The first-order valence-corrected chi connectivity index (χ1v) is 5.36. The molecule has 16 heavy (non-hydrogen) atoms. The summed E-state index contributed by atoms with van der Waals surface area (Å²) in [5.41, 5.74) is 3.14.